The van der Waals surface area contributed by atoms with E-state index >= 15 is 0 Å². The second kappa shape index (κ2) is 6.23. The zero-order valence-corrected chi connectivity index (χ0v) is 13.4. The number of imidazole rings is 1. The van der Waals surface area contributed by atoms with E-state index in [1.165, 1.54) is 12.3 Å². The number of halogens is 2. The molecule has 23 heavy (non-hydrogen) atoms. The molecule has 2 aromatic rings. The number of nitrogens with one attached hydrogen (secondary N) is 1. The first-order chi connectivity index (χ1) is 11.0. The quantitative estimate of drug-likeness (QED) is 0.681. The summed E-state index contributed by atoms with van der Waals surface area (Å²) in [6.45, 7) is 1.95. The minimum absolute atomic E-state index is 0.237. The predicted molar refractivity (Wildman–Crippen MR) is 83.0 cm³/mol. The van der Waals surface area contributed by atoms with Gasteiger partial charge in [-0.3, -0.25) is 0 Å². The number of esters is 1. The number of benzene rings is 1. The van der Waals surface area contributed by atoms with Crippen LogP contribution in [-0.4, -0.2) is 22.1 Å². The summed E-state index contributed by atoms with van der Waals surface area (Å²) in [5.41, 5.74) is 1.29. The molecule has 1 aromatic carbocycles. The summed E-state index contributed by atoms with van der Waals surface area (Å²) in [6, 6.07) is 1.83. The Kier molecular flexibility index (Phi) is 4.30. The molecule has 4 nitrogen and oxygen atoms in total. The van der Waals surface area contributed by atoms with Gasteiger partial charge in [0.05, 0.1) is 12.6 Å². The third-order valence-electron chi connectivity index (χ3n) is 4.07. The lowest BCUT2D eigenvalue weighted by atomic mass is 9.87. The Hall–Kier alpha value is -2.02. The number of rotatable bonds is 3. The summed E-state index contributed by atoms with van der Waals surface area (Å²) in [5, 5.41) is 0. The number of H-pyrrole nitrogens is 1. The van der Waals surface area contributed by atoms with Crippen molar-refractivity contribution in [2.24, 2.45) is 0 Å². The lowest BCUT2D eigenvalue weighted by Gasteiger charge is -2.28. The van der Waals surface area contributed by atoms with E-state index in [0.29, 0.717) is 28.7 Å². The molecular weight excluding hydrogens is 322 g/mol. The molecule has 0 saturated carbocycles. The zero-order valence-electron chi connectivity index (χ0n) is 12.6. The number of carbonyl (C=O) groups is 1. The van der Waals surface area contributed by atoms with Gasteiger partial charge in [0.25, 0.3) is 0 Å². The van der Waals surface area contributed by atoms with E-state index in [9.17, 15) is 13.6 Å². The van der Waals surface area contributed by atoms with Crippen LogP contribution in [0.4, 0.5) is 8.78 Å². The normalized spacial score (nSPS) is 16.9. The van der Waals surface area contributed by atoms with Gasteiger partial charge in [0.15, 0.2) is 4.77 Å². The number of fused-ring (bicyclic) bond motifs is 1. The maximum absolute atomic E-state index is 14.1. The average molecular weight is 338 g/mol. The van der Waals surface area contributed by atoms with Crippen molar-refractivity contribution in [2.75, 3.05) is 6.61 Å². The van der Waals surface area contributed by atoms with Gasteiger partial charge in [0, 0.05) is 12.3 Å². The zero-order chi connectivity index (χ0) is 16.6. The summed E-state index contributed by atoms with van der Waals surface area (Å²) in [4.78, 5) is 14.9. The van der Waals surface area contributed by atoms with Crippen molar-refractivity contribution in [1.82, 2.24) is 9.55 Å². The fourth-order valence-electron chi connectivity index (χ4n) is 3.13. The van der Waals surface area contributed by atoms with E-state index in [1.54, 1.807) is 11.5 Å². The lowest BCUT2D eigenvalue weighted by Crippen LogP contribution is -2.23. The van der Waals surface area contributed by atoms with Gasteiger partial charge in [0.2, 0.25) is 0 Å². The van der Waals surface area contributed by atoms with Gasteiger partial charge in [-0.25, -0.2) is 13.6 Å². The molecule has 1 aliphatic rings. The van der Waals surface area contributed by atoms with Crippen molar-refractivity contribution < 1.29 is 18.3 Å². The predicted octanol–water partition coefficient (Wildman–Crippen LogP) is 3.93. The van der Waals surface area contributed by atoms with E-state index < -0.39 is 17.6 Å². The number of carbonyl (C=O) groups excluding carboxylic acids is 1. The Morgan fingerprint density at radius 3 is 3.00 bits per heavy atom. The first kappa shape index (κ1) is 15.9. The van der Waals surface area contributed by atoms with Crippen LogP contribution in [-0.2, 0) is 11.2 Å². The van der Waals surface area contributed by atoms with E-state index in [1.807, 2.05) is 0 Å². The summed E-state index contributed by atoms with van der Waals surface area (Å²) in [6.07, 6.45) is 3.40. The van der Waals surface area contributed by atoms with Gasteiger partial charge in [-0.2, -0.15) is 0 Å². The van der Waals surface area contributed by atoms with E-state index in [0.717, 1.165) is 12.5 Å². The standard InChI is InChI=1S/C16H16F2N2O2S/c1-2-22-15(21)14-8-19-16(23)20(14)13-5-3-4-10-11(13)6-9(17)7-12(10)18/h6-8,13H,2-5H2,1H3,(H,19,23). The highest BCUT2D eigenvalue weighted by Gasteiger charge is 2.28. The SMILES string of the molecule is CCOC(=O)c1c[nH]c(=S)n1C1CCCc2c(F)cc(F)cc21. The Labute approximate surface area is 137 Å². The van der Waals surface area contributed by atoms with Crippen LogP contribution in [0.2, 0.25) is 0 Å². The average Bonchev–Trinajstić information content (AvgIpc) is 2.88. The highest BCUT2D eigenvalue weighted by atomic mass is 32.1. The number of ether oxygens (including phenoxy) is 1. The van der Waals surface area contributed by atoms with Gasteiger partial charge in [-0.05, 0) is 55.6 Å². The fourth-order valence-corrected chi connectivity index (χ4v) is 3.42. The van der Waals surface area contributed by atoms with Crippen molar-refractivity contribution in [1.29, 1.82) is 0 Å². The third-order valence-corrected chi connectivity index (χ3v) is 4.38. The molecule has 1 N–H and O–H groups in total. The van der Waals surface area contributed by atoms with E-state index in [-0.39, 0.29) is 18.3 Å². The van der Waals surface area contributed by atoms with E-state index in [2.05, 4.69) is 4.98 Å². The van der Waals surface area contributed by atoms with Crippen molar-refractivity contribution >= 4 is 18.2 Å². The molecule has 0 radical (unpaired) electrons. The second-order valence-electron chi connectivity index (χ2n) is 5.43. The molecule has 122 valence electrons. The van der Waals surface area contributed by atoms with Gasteiger partial charge >= 0.3 is 5.97 Å². The van der Waals surface area contributed by atoms with Crippen LogP contribution in [0.3, 0.4) is 0 Å². The monoisotopic (exact) mass is 338 g/mol. The van der Waals surface area contributed by atoms with Gasteiger partial charge in [0.1, 0.15) is 17.3 Å². The smallest absolute Gasteiger partial charge is 0.356 e. The van der Waals surface area contributed by atoms with Gasteiger partial charge in [-0.1, -0.05) is 0 Å². The molecule has 7 heteroatoms. The second-order valence-corrected chi connectivity index (χ2v) is 5.82. The summed E-state index contributed by atoms with van der Waals surface area (Å²) in [7, 11) is 0. The molecule has 1 unspecified atom stereocenters. The number of aromatic amines is 1. The van der Waals surface area contributed by atoms with Crippen LogP contribution in [0.25, 0.3) is 0 Å². The van der Waals surface area contributed by atoms with Crippen LogP contribution < -0.4 is 0 Å². The molecule has 0 saturated heterocycles. The summed E-state index contributed by atoms with van der Waals surface area (Å²) in [5.74, 6) is -1.69. The van der Waals surface area contributed by atoms with Crippen molar-refractivity contribution in [3.8, 4) is 0 Å². The van der Waals surface area contributed by atoms with Crippen molar-refractivity contribution in [3.05, 3.63) is 51.6 Å². The van der Waals surface area contributed by atoms with Crippen LogP contribution in [0, 0.1) is 16.4 Å². The summed E-state index contributed by atoms with van der Waals surface area (Å²) >= 11 is 5.26. The molecule has 0 bridgehead atoms. The lowest BCUT2D eigenvalue weighted by molar-refractivity contribution is 0.0511. The molecule has 1 atom stereocenters. The number of aromatic nitrogens is 2. The maximum Gasteiger partial charge on any atom is 0.356 e. The van der Waals surface area contributed by atoms with Gasteiger partial charge < -0.3 is 14.3 Å². The van der Waals surface area contributed by atoms with Gasteiger partial charge in [-0.15, -0.1) is 0 Å². The minimum atomic E-state index is -0.632. The molecule has 0 aliphatic heterocycles. The van der Waals surface area contributed by atoms with Crippen LogP contribution in [0.1, 0.15) is 47.4 Å². The Morgan fingerprint density at radius 2 is 2.26 bits per heavy atom. The summed E-state index contributed by atoms with van der Waals surface area (Å²) < 4.78 is 34.7. The van der Waals surface area contributed by atoms with Crippen LogP contribution in [0.5, 0.6) is 0 Å². The minimum Gasteiger partial charge on any atom is -0.461 e. The molecule has 0 fully saturated rings. The van der Waals surface area contributed by atoms with E-state index in [4.69, 9.17) is 17.0 Å². The molecular formula is C16H16F2N2O2S. The maximum atomic E-state index is 14.1. The number of nitrogens with zero attached hydrogens (tertiary/aromatic N) is 1. The Bertz CT molecular complexity index is 813. The Morgan fingerprint density at radius 1 is 1.48 bits per heavy atom. The largest absolute Gasteiger partial charge is 0.461 e. The molecule has 0 amide bonds. The fraction of sp³-hybridized carbons (Fsp3) is 0.375. The number of hydrogen-bond acceptors (Lipinski definition) is 3. The first-order valence-electron chi connectivity index (χ1n) is 7.47. The highest BCUT2D eigenvalue weighted by Crippen LogP contribution is 2.36. The van der Waals surface area contributed by atoms with Crippen molar-refractivity contribution in [3.63, 3.8) is 0 Å². The number of hydrogen-bond donors (Lipinski definition) is 1. The topological polar surface area (TPSA) is 47.0 Å². The highest BCUT2D eigenvalue weighted by molar-refractivity contribution is 7.71. The first-order valence-corrected chi connectivity index (χ1v) is 7.88. The Balaban J connectivity index is 2.14. The molecule has 0 spiro atoms. The van der Waals surface area contributed by atoms with Crippen LogP contribution >= 0.6 is 12.2 Å². The molecule has 3 rings (SSSR count). The third kappa shape index (κ3) is 2.81. The molecule has 1 aliphatic carbocycles. The van der Waals surface area contributed by atoms with Crippen molar-refractivity contribution in [2.45, 2.75) is 32.2 Å². The van der Waals surface area contributed by atoms with Crippen LogP contribution in [0.15, 0.2) is 18.3 Å². The molecule has 1 aromatic heterocycles. The molecule has 1 heterocycles.